The average Bonchev–Trinajstić information content (AvgIpc) is 3.47. The highest BCUT2D eigenvalue weighted by molar-refractivity contribution is 8.18. The van der Waals surface area contributed by atoms with Crippen molar-refractivity contribution in [2.75, 3.05) is 24.5 Å². The van der Waals surface area contributed by atoms with Crippen molar-refractivity contribution in [2.24, 2.45) is 0 Å². The van der Waals surface area contributed by atoms with Crippen LogP contribution in [0.1, 0.15) is 29.7 Å². The van der Waals surface area contributed by atoms with E-state index in [-0.39, 0.29) is 13.1 Å². The molecule has 0 saturated carbocycles. The van der Waals surface area contributed by atoms with E-state index in [0.29, 0.717) is 10.7 Å². The predicted molar refractivity (Wildman–Crippen MR) is 116 cm³/mol. The fourth-order valence-corrected chi connectivity index (χ4v) is 4.51. The first-order valence-electron chi connectivity index (χ1n) is 9.91. The van der Waals surface area contributed by atoms with Gasteiger partial charge in [0.1, 0.15) is 12.3 Å². The fraction of sp³-hybridized carbons (Fsp3) is 0.318. The van der Waals surface area contributed by atoms with Gasteiger partial charge in [-0.2, -0.15) is 0 Å². The number of imide groups is 1. The molecule has 1 N–H and O–H groups in total. The van der Waals surface area contributed by atoms with Crippen LogP contribution in [0.4, 0.5) is 10.5 Å². The molecular formula is C22H23N3O4S. The van der Waals surface area contributed by atoms with E-state index in [2.05, 4.69) is 23.2 Å². The average molecular weight is 426 g/mol. The lowest BCUT2D eigenvalue weighted by Crippen LogP contribution is -2.39. The quantitative estimate of drug-likeness (QED) is 0.713. The highest BCUT2D eigenvalue weighted by atomic mass is 32.2. The maximum Gasteiger partial charge on any atom is 0.294 e. The molecule has 0 unspecified atom stereocenters. The molecule has 4 rings (SSSR count). The van der Waals surface area contributed by atoms with Crippen LogP contribution >= 0.6 is 11.8 Å². The van der Waals surface area contributed by atoms with Gasteiger partial charge in [-0.05, 0) is 73.0 Å². The predicted octanol–water partition coefficient (Wildman–Crippen LogP) is 3.54. The number of nitrogens with one attached hydrogen (secondary N) is 1. The number of hydrogen-bond acceptors (Lipinski definition) is 6. The second-order valence-electron chi connectivity index (χ2n) is 7.36. The zero-order valence-corrected chi connectivity index (χ0v) is 17.5. The second kappa shape index (κ2) is 8.79. The molecule has 1 aromatic carbocycles. The zero-order valence-electron chi connectivity index (χ0n) is 16.7. The van der Waals surface area contributed by atoms with E-state index >= 15 is 0 Å². The lowest BCUT2D eigenvalue weighted by molar-refractivity contribution is -0.129. The van der Waals surface area contributed by atoms with Crippen molar-refractivity contribution < 1.29 is 18.8 Å². The molecule has 1 aromatic heterocycles. The minimum absolute atomic E-state index is 0.209. The minimum Gasteiger partial charge on any atom is -0.467 e. The van der Waals surface area contributed by atoms with Crippen LogP contribution in [0.15, 0.2) is 45.9 Å². The largest absolute Gasteiger partial charge is 0.467 e. The summed E-state index contributed by atoms with van der Waals surface area (Å²) in [5.74, 6) is -0.259. The lowest BCUT2D eigenvalue weighted by Gasteiger charge is -2.20. The summed E-state index contributed by atoms with van der Waals surface area (Å²) in [5.41, 5.74) is 3.22. The van der Waals surface area contributed by atoms with Crippen LogP contribution in [0.5, 0.6) is 0 Å². The molecule has 8 heteroatoms. The van der Waals surface area contributed by atoms with E-state index in [4.69, 9.17) is 4.42 Å². The number of amides is 3. The Morgan fingerprint density at radius 3 is 2.73 bits per heavy atom. The third kappa shape index (κ3) is 4.43. The molecule has 0 bridgehead atoms. The topological polar surface area (TPSA) is 82.9 Å². The molecule has 7 nitrogen and oxygen atoms in total. The SMILES string of the molecule is Cc1cc(/C=C2\SC(=O)N(CC(=O)NCc3ccco3)C2=O)ccc1N1CCCC1. The van der Waals surface area contributed by atoms with Crippen molar-refractivity contribution in [1.29, 1.82) is 0 Å². The Morgan fingerprint density at radius 1 is 1.23 bits per heavy atom. The first-order chi connectivity index (χ1) is 14.5. The number of furan rings is 1. The number of rotatable bonds is 6. The fourth-order valence-electron chi connectivity index (χ4n) is 3.67. The number of carbonyl (C=O) groups is 3. The number of carbonyl (C=O) groups excluding carboxylic acids is 3. The Morgan fingerprint density at radius 2 is 2.03 bits per heavy atom. The Labute approximate surface area is 179 Å². The molecule has 0 aliphatic carbocycles. The van der Waals surface area contributed by atoms with Gasteiger partial charge in [0.2, 0.25) is 5.91 Å². The first kappa shape index (κ1) is 20.3. The van der Waals surface area contributed by atoms with Crippen LogP contribution in [0.3, 0.4) is 0 Å². The molecule has 3 heterocycles. The van der Waals surface area contributed by atoms with E-state index in [1.165, 1.54) is 24.8 Å². The van der Waals surface area contributed by atoms with Gasteiger partial charge in [-0.3, -0.25) is 19.3 Å². The third-order valence-electron chi connectivity index (χ3n) is 5.18. The Kier molecular flexibility index (Phi) is 5.94. The van der Waals surface area contributed by atoms with Gasteiger partial charge < -0.3 is 14.6 Å². The van der Waals surface area contributed by atoms with Crippen LogP contribution in [0.2, 0.25) is 0 Å². The number of thioether (sulfide) groups is 1. The van der Waals surface area contributed by atoms with Crippen molar-refractivity contribution in [3.63, 3.8) is 0 Å². The van der Waals surface area contributed by atoms with Crippen molar-refractivity contribution in [2.45, 2.75) is 26.3 Å². The van der Waals surface area contributed by atoms with Crippen LogP contribution in [0.25, 0.3) is 6.08 Å². The molecule has 3 amide bonds. The van der Waals surface area contributed by atoms with E-state index in [1.54, 1.807) is 18.2 Å². The van der Waals surface area contributed by atoms with Crippen LogP contribution in [-0.2, 0) is 16.1 Å². The Hall–Kier alpha value is -3.00. The summed E-state index contributed by atoms with van der Waals surface area (Å²) in [6.07, 6.45) is 5.65. The van der Waals surface area contributed by atoms with Crippen molar-refractivity contribution >= 4 is 40.6 Å². The number of hydrogen-bond donors (Lipinski definition) is 1. The summed E-state index contributed by atoms with van der Waals surface area (Å²) in [6, 6.07) is 9.52. The van der Waals surface area contributed by atoms with Gasteiger partial charge in [-0.1, -0.05) is 6.07 Å². The van der Waals surface area contributed by atoms with Gasteiger partial charge in [0.15, 0.2) is 0 Å². The first-order valence-corrected chi connectivity index (χ1v) is 10.7. The van der Waals surface area contributed by atoms with E-state index < -0.39 is 17.1 Å². The summed E-state index contributed by atoms with van der Waals surface area (Å²) in [7, 11) is 0. The molecular weight excluding hydrogens is 402 g/mol. The van der Waals surface area contributed by atoms with Gasteiger partial charge in [0.05, 0.1) is 17.7 Å². The highest BCUT2D eigenvalue weighted by Crippen LogP contribution is 2.33. The summed E-state index contributed by atoms with van der Waals surface area (Å²) in [4.78, 5) is 40.7. The van der Waals surface area contributed by atoms with Crippen molar-refractivity contribution in [1.82, 2.24) is 10.2 Å². The molecule has 156 valence electrons. The molecule has 2 aromatic rings. The number of benzene rings is 1. The van der Waals surface area contributed by atoms with Gasteiger partial charge in [-0.15, -0.1) is 0 Å². The maximum absolute atomic E-state index is 12.7. The molecule has 2 aliphatic heterocycles. The van der Waals surface area contributed by atoms with E-state index in [1.807, 2.05) is 12.1 Å². The van der Waals surface area contributed by atoms with Gasteiger partial charge in [-0.25, -0.2) is 0 Å². The van der Waals surface area contributed by atoms with Crippen LogP contribution < -0.4 is 10.2 Å². The molecule has 0 atom stereocenters. The van der Waals surface area contributed by atoms with E-state index in [9.17, 15) is 14.4 Å². The number of aryl methyl sites for hydroxylation is 1. The standard InChI is InChI=1S/C22H23N3O4S/c1-15-11-16(6-7-18(15)24-8-2-3-9-24)12-19-21(27)25(22(28)30-19)14-20(26)23-13-17-5-4-10-29-17/h4-7,10-12H,2-3,8-9,13-14H2,1H3,(H,23,26)/b19-12-. The van der Waals surface area contributed by atoms with Gasteiger partial charge in [0.25, 0.3) is 11.1 Å². The smallest absolute Gasteiger partial charge is 0.294 e. The molecule has 2 aliphatic rings. The van der Waals surface area contributed by atoms with Gasteiger partial charge in [0, 0.05) is 18.8 Å². The molecule has 2 fully saturated rings. The summed E-state index contributed by atoms with van der Waals surface area (Å²) in [6.45, 7) is 4.10. The number of anilines is 1. The minimum atomic E-state index is -0.445. The van der Waals surface area contributed by atoms with Gasteiger partial charge >= 0.3 is 0 Å². The summed E-state index contributed by atoms with van der Waals surface area (Å²) >= 11 is 0.859. The third-order valence-corrected chi connectivity index (χ3v) is 6.09. The molecule has 30 heavy (non-hydrogen) atoms. The Balaban J connectivity index is 1.41. The van der Waals surface area contributed by atoms with E-state index in [0.717, 1.165) is 40.9 Å². The monoisotopic (exact) mass is 425 g/mol. The van der Waals surface area contributed by atoms with Crippen molar-refractivity contribution in [3.8, 4) is 0 Å². The molecule has 2 saturated heterocycles. The summed E-state index contributed by atoms with van der Waals surface area (Å²) < 4.78 is 5.15. The van der Waals surface area contributed by atoms with Crippen LogP contribution in [0, 0.1) is 6.92 Å². The lowest BCUT2D eigenvalue weighted by atomic mass is 10.1. The molecule has 0 spiro atoms. The highest BCUT2D eigenvalue weighted by Gasteiger charge is 2.36. The van der Waals surface area contributed by atoms with Crippen molar-refractivity contribution in [3.05, 3.63) is 58.4 Å². The second-order valence-corrected chi connectivity index (χ2v) is 8.36. The normalized spacial score (nSPS) is 18.0. The van der Waals surface area contributed by atoms with Crippen LogP contribution in [-0.4, -0.2) is 41.6 Å². The number of nitrogens with zero attached hydrogens (tertiary/aromatic N) is 2. The maximum atomic E-state index is 12.7. The molecule has 0 radical (unpaired) electrons. The Bertz CT molecular complexity index is 994. The zero-order chi connectivity index (χ0) is 21.1. The summed E-state index contributed by atoms with van der Waals surface area (Å²) in [5, 5.41) is 2.21.